The van der Waals surface area contributed by atoms with E-state index < -0.39 is 65.6 Å². The molecule has 2 heterocycles. The standard InChI is InChI=1S/C28H21F9N2O2/c1-14(2)22-5-4-6-23(38-22)21-8-7-18(26(29,30)31)11-17(21)13-39-15(3)24(41-25(39)40)16-9-19(27(32,33)34)12-20(10-16)28(35,36)37/h4-12,15,24H,1,13H2,2-3H3/t15-,24-/m0/s1. The molecule has 0 aliphatic carbocycles. The first kappa shape index (κ1) is 29.9. The van der Waals surface area contributed by atoms with Gasteiger partial charge in [0, 0.05) is 5.56 Å². The summed E-state index contributed by atoms with van der Waals surface area (Å²) in [5, 5.41) is 0. The topological polar surface area (TPSA) is 42.4 Å². The molecule has 13 heteroatoms. The van der Waals surface area contributed by atoms with E-state index in [0.717, 1.165) is 17.0 Å². The highest BCUT2D eigenvalue weighted by molar-refractivity contribution is 5.73. The summed E-state index contributed by atoms with van der Waals surface area (Å²) in [5.41, 5.74) is -3.25. The van der Waals surface area contributed by atoms with Crippen LogP contribution in [0.4, 0.5) is 44.3 Å². The number of allylic oxidation sites excluding steroid dienone is 1. The van der Waals surface area contributed by atoms with Gasteiger partial charge in [-0.3, -0.25) is 4.90 Å². The first-order valence-electron chi connectivity index (χ1n) is 12.0. The van der Waals surface area contributed by atoms with Crippen molar-refractivity contribution in [3.63, 3.8) is 0 Å². The normalized spacial score (nSPS) is 18.0. The van der Waals surface area contributed by atoms with Crippen LogP contribution < -0.4 is 0 Å². The van der Waals surface area contributed by atoms with Crippen LogP contribution in [0, 0.1) is 0 Å². The fraction of sp³-hybridized carbons (Fsp3) is 0.286. The van der Waals surface area contributed by atoms with Crippen LogP contribution in [0.1, 0.15) is 53.5 Å². The molecule has 1 aromatic heterocycles. The van der Waals surface area contributed by atoms with Crippen molar-refractivity contribution in [3.8, 4) is 11.3 Å². The van der Waals surface area contributed by atoms with Crippen LogP contribution in [0.2, 0.25) is 0 Å². The molecular weight excluding hydrogens is 567 g/mol. The highest BCUT2D eigenvalue weighted by Gasteiger charge is 2.43. The van der Waals surface area contributed by atoms with Crippen LogP contribution in [0.15, 0.2) is 61.2 Å². The third kappa shape index (κ3) is 6.33. The summed E-state index contributed by atoms with van der Waals surface area (Å²) in [6, 6.07) is 7.32. The Labute approximate surface area is 228 Å². The summed E-state index contributed by atoms with van der Waals surface area (Å²) < 4.78 is 126. The van der Waals surface area contributed by atoms with Gasteiger partial charge in [0.1, 0.15) is 6.10 Å². The number of carbonyl (C=O) groups excluding carboxylic acids is 1. The Morgan fingerprint density at radius 2 is 1.46 bits per heavy atom. The lowest BCUT2D eigenvalue weighted by Crippen LogP contribution is -2.32. The molecule has 2 atom stereocenters. The molecule has 1 amide bonds. The van der Waals surface area contributed by atoms with Crippen molar-refractivity contribution < 1.29 is 49.0 Å². The fourth-order valence-corrected chi connectivity index (χ4v) is 4.46. The minimum atomic E-state index is -5.13. The van der Waals surface area contributed by atoms with Crippen molar-refractivity contribution in [1.29, 1.82) is 0 Å². The van der Waals surface area contributed by atoms with Crippen molar-refractivity contribution in [2.75, 3.05) is 0 Å². The van der Waals surface area contributed by atoms with E-state index in [-0.39, 0.29) is 22.9 Å². The van der Waals surface area contributed by atoms with E-state index in [2.05, 4.69) is 11.6 Å². The van der Waals surface area contributed by atoms with Crippen LogP contribution in [0.5, 0.6) is 0 Å². The third-order valence-corrected chi connectivity index (χ3v) is 6.57. The van der Waals surface area contributed by atoms with E-state index >= 15 is 0 Å². The van der Waals surface area contributed by atoms with Gasteiger partial charge in [0.15, 0.2) is 0 Å². The summed E-state index contributed by atoms with van der Waals surface area (Å²) in [7, 11) is 0. The minimum absolute atomic E-state index is 0.0179. The zero-order chi connectivity index (χ0) is 30.5. The zero-order valence-corrected chi connectivity index (χ0v) is 21.4. The first-order valence-corrected chi connectivity index (χ1v) is 12.0. The summed E-state index contributed by atoms with van der Waals surface area (Å²) in [6.45, 7) is 6.29. The van der Waals surface area contributed by atoms with Crippen molar-refractivity contribution in [2.45, 2.75) is 51.1 Å². The van der Waals surface area contributed by atoms with Gasteiger partial charge in [-0.15, -0.1) is 0 Å². The number of pyridine rings is 1. The van der Waals surface area contributed by atoms with E-state index in [4.69, 9.17) is 4.74 Å². The average Bonchev–Trinajstić information content (AvgIpc) is 3.15. The molecule has 3 aromatic rings. The smallest absolute Gasteiger partial charge is 0.416 e. The van der Waals surface area contributed by atoms with Crippen molar-refractivity contribution in [3.05, 3.63) is 94.7 Å². The maximum absolute atomic E-state index is 13.6. The molecule has 0 saturated carbocycles. The van der Waals surface area contributed by atoms with Gasteiger partial charge in [-0.25, -0.2) is 9.78 Å². The Morgan fingerprint density at radius 3 is 2.00 bits per heavy atom. The van der Waals surface area contributed by atoms with Crippen LogP contribution >= 0.6 is 0 Å². The summed E-state index contributed by atoms with van der Waals surface area (Å²) >= 11 is 0. The highest BCUT2D eigenvalue weighted by atomic mass is 19.4. The van der Waals surface area contributed by atoms with Crippen LogP contribution in [0.3, 0.4) is 0 Å². The van der Waals surface area contributed by atoms with Crippen molar-refractivity contribution in [1.82, 2.24) is 9.88 Å². The summed E-state index contributed by atoms with van der Waals surface area (Å²) in [4.78, 5) is 18.2. The van der Waals surface area contributed by atoms with Crippen LogP contribution in [0.25, 0.3) is 16.8 Å². The highest BCUT2D eigenvalue weighted by Crippen LogP contribution is 2.42. The maximum Gasteiger partial charge on any atom is 0.416 e. The molecule has 0 spiro atoms. The molecule has 0 N–H and O–H groups in total. The number of aromatic nitrogens is 1. The van der Waals surface area contributed by atoms with Crippen LogP contribution in [-0.4, -0.2) is 22.0 Å². The number of rotatable bonds is 5. The Bertz CT molecular complexity index is 1460. The number of nitrogens with zero attached hydrogens (tertiary/aromatic N) is 2. The number of carbonyl (C=O) groups is 1. The predicted molar refractivity (Wildman–Crippen MR) is 130 cm³/mol. The number of halogens is 9. The molecule has 1 aliphatic heterocycles. The second kappa shape index (κ2) is 10.4. The van der Waals surface area contributed by atoms with E-state index in [1.165, 1.54) is 19.1 Å². The van der Waals surface area contributed by atoms with E-state index in [1.807, 2.05) is 0 Å². The molecule has 218 valence electrons. The summed E-state index contributed by atoms with van der Waals surface area (Å²) in [6.07, 6.45) is -17.7. The number of alkyl halides is 9. The largest absolute Gasteiger partial charge is 0.439 e. The summed E-state index contributed by atoms with van der Waals surface area (Å²) in [5.74, 6) is 0. The molecule has 41 heavy (non-hydrogen) atoms. The maximum atomic E-state index is 13.6. The Morgan fingerprint density at radius 1 is 0.878 bits per heavy atom. The van der Waals surface area contributed by atoms with Gasteiger partial charge in [0.25, 0.3) is 0 Å². The van der Waals surface area contributed by atoms with Crippen LogP contribution in [-0.2, 0) is 29.8 Å². The number of hydrogen-bond acceptors (Lipinski definition) is 3. The third-order valence-electron chi connectivity index (χ3n) is 6.57. The molecular formula is C28H21F9N2O2. The second-order valence-electron chi connectivity index (χ2n) is 9.57. The van der Waals surface area contributed by atoms with Gasteiger partial charge in [-0.05, 0) is 73.0 Å². The second-order valence-corrected chi connectivity index (χ2v) is 9.57. The van der Waals surface area contributed by atoms with Crippen molar-refractivity contribution >= 4 is 11.7 Å². The molecule has 1 saturated heterocycles. The Balaban J connectivity index is 1.76. The van der Waals surface area contributed by atoms with Gasteiger partial charge in [0.05, 0.1) is 40.7 Å². The number of cyclic esters (lactones) is 1. The van der Waals surface area contributed by atoms with Crippen molar-refractivity contribution in [2.24, 2.45) is 0 Å². The zero-order valence-electron chi connectivity index (χ0n) is 21.4. The molecule has 1 aliphatic rings. The minimum Gasteiger partial charge on any atom is -0.439 e. The number of hydrogen-bond donors (Lipinski definition) is 0. The van der Waals surface area contributed by atoms with E-state index in [1.54, 1.807) is 19.1 Å². The molecule has 2 aromatic carbocycles. The molecule has 0 radical (unpaired) electrons. The SMILES string of the molecule is C=C(C)c1cccc(-c2ccc(C(F)(F)F)cc2CN2C(=O)O[C@H](c3cc(C(F)(F)F)cc(C(F)(F)F)c3)[C@@H]2C)n1. The van der Waals surface area contributed by atoms with Gasteiger partial charge < -0.3 is 4.74 Å². The number of benzene rings is 2. The fourth-order valence-electron chi connectivity index (χ4n) is 4.46. The lowest BCUT2D eigenvalue weighted by Gasteiger charge is -2.24. The number of ether oxygens (including phenoxy) is 1. The Hall–Kier alpha value is -4.03. The quantitative estimate of drug-likeness (QED) is 0.280. The molecule has 4 nitrogen and oxygen atoms in total. The van der Waals surface area contributed by atoms with E-state index in [0.29, 0.717) is 23.4 Å². The Kier molecular flexibility index (Phi) is 7.61. The lowest BCUT2D eigenvalue weighted by atomic mass is 9.96. The van der Waals surface area contributed by atoms with E-state index in [9.17, 15) is 44.3 Å². The molecule has 0 bridgehead atoms. The van der Waals surface area contributed by atoms with Gasteiger partial charge >= 0.3 is 24.6 Å². The first-order chi connectivity index (χ1) is 18.9. The molecule has 0 unspecified atom stereocenters. The molecule has 1 fully saturated rings. The number of amides is 1. The monoisotopic (exact) mass is 588 g/mol. The van der Waals surface area contributed by atoms with Gasteiger partial charge in [-0.2, -0.15) is 39.5 Å². The van der Waals surface area contributed by atoms with Gasteiger partial charge in [0.2, 0.25) is 0 Å². The molecule has 4 rings (SSSR count). The lowest BCUT2D eigenvalue weighted by molar-refractivity contribution is -0.143. The average molecular weight is 588 g/mol. The van der Waals surface area contributed by atoms with Gasteiger partial charge in [-0.1, -0.05) is 18.7 Å². The predicted octanol–water partition coefficient (Wildman–Crippen LogP) is 8.92.